The number of rotatable bonds is 6. The molecular formula is C28H18ClF3N2O2. The predicted octanol–water partition coefficient (Wildman–Crippen LogP) is 7.64. The number of carbonyl (C=O) groups is 1. The van der Waals surface area contributed by atoms with Crippen LogP contribution in [0.5, 0.6) is 5.75 Å². The minimum absolute atomic E-state index is 0.0903. The third kappa shape index (κ3) is 5.68. The van der Waals surface area contributed by atoms with Crippen LogP contribution in [0, 0.1) is 11.3 Å². The zero-order chi connectivity index (χ0) is 25.7. The largest absolute Gasteiger partial charge is 0.488 e. The molecule has 4 aromatic rings. The van der Waals surface area contributed by atoms with Crippen LogP contribution in [-0.4, -0.2) is 5.91 Å². The molecule has 0 aliphatic rings. The van der Waals surface area contributed by atoms with Crippen LogP contribution >= 0.6 is 11.6 Å². The fraction of sp³-hybridized carbons (Fsp3) is 0.0714. The van der Waals surface area contributed by atoms with Gasteiger partial charge in [-0.1, -0.05) is 72.3 Å². The maximum absolute atomic E-state index is 13.0. The average molecular weight is 507 g/mol. The summed E-state index contributed by atoms with van der Waals surface area (Å²) in [5.41, 5.74) is -0.136. The number of alkyl halides is 3. The van der Waals surface area contributed by atoms with E-state index in [4.69, 9.17) is 16.3 Å². The van der Waals surface area contributed by atoms with Crippen LogP contribution in [-0.2, 0) is 17.6 Å². The maximum atomic E-state index is 13.0. The highest BCUT2D eigenvalue weighted by molar-refractivity contribution is 6.34. The van der Waals surface area contributed by atoms with Crippen molar-refractivity contribution in [1.29, 1.82) is 5.26 Å². The summed E-state index contributed by atoms with van der Waals surface area (Å²) in [6.07, 6.45) is -3.30. The predicted molar refractivity (Wildman–Crippen MR) is 133 cm³/mol. The average Bonchev–Trinajstić information content (AvgIpc) is 2.87. The number of nitrogens with one attached hydrogen (secondary N) is 1. The number of halogens is 4. The van der Waals surface area contributed by atoms with Crippen LogP contribution in [0.1, 0.15) is 16.7 Å². The molecule has 0 bridgehead atoms. The Morgan fingerprint density at radius 3 is 2.50 bits per heavy atom. The summed E-state index contributed by atoms with van der Waals surface area (Å²) in [5, 5.41) is 13.9. The Morgan fingerprint density at radius 1 is 1.00 bits per heavy atom. The summed E-state index contributed by atoms with van der Waals surface area (Å²) in [6.45, 7) is 0.250. The molecule has 0 saturated heterocycles. The second kappa shape index (κ2) is 10.5. The Morgan fingerprint density at radius 2 is 1.72 bits per heavy atom. The molecule has 180 valence electrons. The van der Waals surface area contributed by atoms with Crippen molar-refractivity contribution in [2.24, 2.45) is 0 Å². The van der Waals surface area contributed by atoms with E-state index >= 15 is 0 Å². The molecule has 4 aromatic carbocycles. The van der Waals surface area contributed by atoms with Crippen molar-refractivity contribution in [3.8, 4) is 11.8 Å². The van der Waals surface area contributed by atoms with Crippen LogP contribution in [0.2, 0.25) is 5.02 Å². The first-order valence-corrected chi connectivity index (χ1v) is 11.1. The Hall–Kier alpha value is -4.28. The standard InChI is InChI=1S/C28H18ClF3N2O2/c29-24-13-12-22(28(30,31)32)15-25(24)34-27(35)21(16-33)14-19-7-2-4-11-26(19)36-17-20-9-5-8-18-6-1-3-10-23(18)20/h1-15H,17H2,(H,34,35)/b21-14+. The molecule has 0 saturated carbocycles. The number of hydrogen-bond donors (Lipinski definition) is 1. The molecule has 0 fully saturated rings. The van der Waals surface area contributed by atoms with Gasteiger partial charge < -0.3 is 10.1 Å². The van der Waals surface area contributed by atoms with E-state index in [9.17, 15) is 23.2 Å². The summed E-state index contributed by atoms with van der Waals surface area (Å²) >= 11 is 5.96. The highest BCUT2D eigenvalue weighted by Crippen LogP contribution is 2.34. The van der Waals surface area contributed by atoms with E-state index in [1.54, 1.807) is 30.3 Å². The maximum Gasteiger partial charge on any atom is 0.416 e. The number of nitrogens with zero attached hydrogens (tertiary/aromatic N) is 1. The van der Waals surface area contributed by atoms with E-state index in [-0.39, 0.29) is 22.9 Å². The van der Waals surface area contributed by atoms with Crippen LogP contribution < -0.4 is 10.1 Å². The van der Waals surface area contributed by atoms with Gasteiger partial charge in [-0.2, -0.15) is 18.4 Å². The molecular weight excluding hydrogens is 489 g/mol. The lowest BCUT2D eigenvalue weighted by Crippen LogP contribution is -2.15. The minimum Gasteiger partial charge on any atom is -0.488 e. The van der Waals surface area contributed by atoms with Crippen molar-refractivity contribution in [2.45, 2.75) is 12.8 Å². The van der Waals surface area contributed by atoms with Gasteiger partial charge in [-0.25, -0.2) is 0 Å². The fourth-order valence-electron chi connectivity index (χ4n) is 3.60. The van der Waals surface area contributed by atoms with Crippen molar-refractivity contribution in [3.63, 3.8) is 0 Å². The lowest BCUT2D eigenvalue weighted by molar-refractivity contribution is -0.137. The van der Waals surface area contributed by atoms with Gasteiger partial charge in [0.1, 0.15) is 24.0 Å². The van der Waals surface area contributed by atoms with Crippen LogP contribution in [0.25, 0.3) is 16.8 Å². The van der Waals surface area contributed by atoms with Gasteiger partial charge >= 0.3 is 6.18 Å². The van der Waals surface area contributed by atoms with Gasteiger partial charge in [-0.05, 0) is 46.7 Å². The lowest BCUT2D eigenvalue weighted by Gasteiger charge is -2.12. The van der Waals surface area contributed by atoms with Crippen molar-refractivity contribution in [2.75, 3.05) is 5.32 Å². The van der Waals surface area contributed by atoms with Gasteiger partial charge in [0.25, 0.3) is 5.91 Å². The first kappa shape index (κ1) is 24.8. The number of anilines is 1. The normalized spacial score (nSPS) is 11.7. The summed E-state index contributed by atoms with van der Waals surface area (Å²) < 4.78 is 45.1. The minimum atomic E-state index is -4.61. The molecule has 0 aliphatic heterocycles. The monoisotopic (exact) mass is 506 g/mol. The molecule has 36 heavy (non-hydrogen) atoms. The smallest absolute Gasteiger partial charge is 0.416 e. The second-order valence-corrected chi connectivity index (χ2v) is 8.19. The number of fused-ring (bicyclic) bond motifs is 1. The SMILES string of the molecule is N#C/C(=C\c1ccccc1OCc1cccc2ccccc12)C(=O)Nc1cc(C(F)(F)F)ccc1Cl. The lowest BCUT2D eigenvalue weighted by atomic mass is 10.1. The van der Waals surface area contributed by atoms with E-state index in [0.29, 0.717) is 11.3 Å². The molecule has 0 atom stereocenters. The third-order valence-corrected chi connectivity index (χ3v) is 5.72. The summed E-state index contributed by atoms with van der Waals surface area (Å²) in [6, 6.07) is 25.0. The van der Waals surface area contributed by atoms with E-state index < -0.39 is 17.6 Å². The van der Waals surface area contributed by atoms with Crippen LogP contribution in [0.3, 0.4) is 0 Å². The Balaban J connectivity index is 1.57. The molecule has 0 aliphatic carbocycles. The number of carbonyl (C=O) groups excluding carboxylic acids is 1. The van der Waals surface area contributed by atoms with Gasteiger partial charge in [0.15, 0.2) is 0 Å². The summed E-state index contributed by atoms with van der Waals surface area (Å²) in [7, 11) is 0. The first-order valence-electron chi connectivity index (χ1n) is 10.7. The topological polar surface area (TPSA) is 62.1 Å². The van der Waals surface area contributed by atoms with E-state index in [1.807, 2.05) is 42.5 Å². The van der Waals surface area contributed by atoms with Crippen molar-refractivity contribution < 1.29 is 22.7 Å². The number of nitriles is 1. The highest BCUT2D eigenvalue weighted by Gasteiger charge is 2.31. The molecule has 0 unspecified atom stereocenters. The Labute approximate surface area is 210 Å². The molecule has 0 radical (unpaired) electrons. The molecule has 4 rings (SSSR count). The number of benzene rings is 4. The highest BCUT2D eigenvalue weighted by atomic mass is 35.5. The van der Waals surface area contributed by atoms with Crippen molar-refractivity contribution in [3.05, 3.63) is 112 Å². The van der Waals surface area contributed by atoms with Gasteiger partial charge in [0.2, 0.25) is 0 Å². The number of para-hydroxylation sites is 1. The molecule has 1 N–H and O–H groups in total. The Kier molecular flexibility index (Phi) is 7.28. The molecule has 1 amide bonds. The summed E-state index contributed by atoms with van der Waals surface area (Å²) in [5.74, 6) is -0.467. The van der Waals surface area contributed by atoms with Gasteiger partial charge in [-0.3, -0.25) is 4.79 Å². The number of hydrogen-bond acceptors (Lipinski definition) is 3. The van der Waals surface area contributed by atoms with E-state index in [2.05, 4.69) is 5.32 Å². The second-order valence-electron chi connectivity index (χ2n) is 7.78. The zero-order valence-corrected chi connectivity index (χ0v) is 19.4. The zero-order valence-electron chi connectivity index (χ0n) is 18.6. The molecule has 0 heterocycles. The van der Waals surface area contributed by atoms with E-state index in [1.165, 1.54) is 6.08 Å². The molecule has 4 nitrogen and oxygen atoms in total. The number of ether oxygens (including phenoxy) is 1. The van der Waals surface area contributed by atoms with Crippen molar-refractivity contribution in [1.82, 2.24) is 0 Å². The molecule has 0 spiro atoms. The van der Waals surface area contributed by atoms with Gasteiger partial charge in [0, 0.05) is 5.56 Å². The fourth-order valence-corrected chi connectivity index (χ4v) is 3.76. The van der Waals surface area contributed by atoms with Gasteiger partial charge in [0.05, 0.1) is 16.3 Å². The van der Waals surface area contributed by atoms with Crippen molar-refractivity contribution >= 4 is 40.0 Å². The quantitative estimate of drug-likeness (QED) is 0.216. The van der Waals surface area contributed by atoms with E-state index in [0.717, 1.165) is 34.5 Å². The molecule has 0 aromatic heterocycles. The summed E-state index contributed by atoms with van der Waals surface area (Å²) in [4.78, 5) is 12.7. The van der Waals surface area contributed by atoms with Gasteiger partial charge in [-0.15, -0.1) is 0 Å². The van der Waals surface area contributed by atoms with Crippen LogP contribution in [0.4, 0.5) is 18.9 Å². The van der Waals surface area contributed by atoms with Crippen LogP contribution in [0.15, 0.2) is 90.5 Å². The Bertz CT molecular complexity index is 1500. The first-order chi connectivity index (χ1) is 17.3. The molecule has 8 heteroatoms. The number of amides is 1. The third-order valence-electron chi connectivity index (χ3n) is 5.39.